The van der Waals surface area contributed by atoms with E-state index in [-0.39, 0.29) is 18.4 Å². The van der Waals surface area contributed by atoms with Gasteiger partial charge in [-0.2, -0.15) is 0 Å². The van der Waals surface area contributed by atoms with Crippen LogP contribution in [0.5, 0.6) is 5.75 Å². The van der Waals surface area contributed by atoms with Gasteiger partial charge in [-0.1, -0.05) is 12.1 Å². The molecule has 0 radical (unpaired) electrons. The second-order valence-corrected chi connectivity index (χ2v) is 5.56. The molecule has 2 aromatic carbocycles. The van der Waals surface area contributed by atoms with Gasteiger partial charge in [0.25, 0.3) is 0 Å². The summed E-state index contributed by atoms with van der Waals surface area (Å²) in [4.78, 5) is 22.8. The first kappa shape index (κ1) is 18.3. The van der Waals surface area contributed by atoms with Gasteiger partial charge in [0.1, 0.15) is 5.75 Å². The maximum absolute atomic E-state index is 11.9. The molecule has 0 fully saturated rings. The van der Waals surface area contributed by atoms with Gasteiger partial charge in [-0.25, -0.2) is 0 Å². The van der Waals surface area contributed by atoms with E-state index in [0.29, 0.717) is 6.54 Å². The number of benzene rings is 2. The Labute approximate surface area is 147 Å². The van der Waals surface area contributed by atoms with Crippen molar-refractivity contribution in [1.82, 2.24) is 5.32 Å². The highest BCUT2D eigenvalue weighted by Gasteiger charge is 2.02. The number of rotatable bonds is 8. The normalized spacial score (nSPS) is 10.0. The maximum atomic E-state index is 11.9. The highest BCUT2D eigenvalue weighted by Crippen LogP contribution is 2.13. The summed E-state index contributed by atoms with van der Waals surface area (Å²) in [5, 5.41) is 8.62. The van der Waals surface area contributed by atoms with Gasteiger partial charge in [-0.3, -0.25) is 9.59 Å². The average molecular weight is 341 g/mol. The lowest BCUT2D eigenvalue weighted by atomic mass is 10.1. The molecule has 6 heteroatoms. The fourth-order valence-electron chi connectivity index (χ4n) is 2.26. The summed E-state index contributed by atoms with van der Waals surface area (Å²) < 4.78 is 5.11. The Morgan fingerprint density at radius 2 is 1.60 bits per heavy atom. The summed E-state index contributed by atoms with van der Waals surface area (Å²) in [7, 11) is 1.63. The fraction of sp³-hybridized carbons (Fsp3) is 0.263. The minimum Gasteiger partial charge on any atom is -0.497 e. The summed E-state index contributed by atoms with van der Waals surface area (Å²) in [5.74, 6) is 0.637. The smallest absolute Gasteiger partial charge is 0.239 e. The molecule has 132 valence electrons. The minimum absolute atomic E-state index is 0.0700. The molecule has 0 saturated heterocycles. The van der Waals surface area contributed by atoms with Gasteiger partial charge >= 0.3 is 0 Å². The van der Waals surface area contributed by atoms with Crippen molar-refractivity contribution < 1.29 is 14.3 Å². The predicted molar refractivity (Wildman–Crippen MR) is 98.9 cm³/mol. The van der Waals surface area contributed by atoms with Crippen LogP contribution in [-0.4, -0.2) is 32.0 Å². The van der Waals surface area contributed by atoms with E-state index < -0.39 is 0 Å². The first-order valence-corrected chi connectivity index (χ1v) is 8.08. The Bertz CT molecular complexity index is 697. The van der Waals surface area contributed by atoms with E-state index in [1.165, 1.54) is 6.92 Å². The summed E-state index contributed by atoms with van der Waals surface area (Å²) in [6.07, 6.45) is 0.765. The lowest BCUT2D eigenvalue weighted by molar-refractivity contribution is -0.119. The zero-order valence-corrected chi connectivity index (χ0v) is 14.5. The van der Waals surface area contributed by atoms with Gasteiger partial charge in [0.2, 0.25) is 11.8 Å². The highest BCUT2D eigenvalue weighted by atomic mass is 16.5. The van der Waals surface area contributed by atoms with Crippen LogP contribution in [-0.2, 0) is 16.0 Å². The summed E-state index contributed by atoms with van der Waals surface area (Å²) in [6.45, 7) is 2.23. The topological polar surface area (TPSA) is 79.5 Å². The molecule has 0 aliphatic carbocycles. The molecule has 0 aliphatic heterocycles. The van der Waals surface area contributed by atoms with Crippen LogP contribution >= 0.6 is 0 Å². The standard InChI is InChI=1S/C19H23N3O3/c1-14(23)22-17-7-5-16(6-8-17)21-13-19(24)20-12-11-15-3-9-18(25-2)10-4-15/h3-10,21H,11-13H2,1-2H3,(H,20,24)(H,22,23). The second kappa shape index (κ2) is 9.32. The van der Waals surface area contributed by atoms with Crippen LogP contribution in [0.25, 0.3) is 0 Å². The van der Waals surface area contributed by atoms with Crippen molar-refractivity contribution in [2.45, 2.75) is 13.3 Å². The Hall–Kier alpha value is -3.02. The molecule has 2 rings (SSSR count). The summed E-state index contributed by atoms with van der Waals surface area (Å²) >= 11 is 0. The van der Waals surface area contributed by atoms with Crippen LogP contribution in [0.4, 0.5) is 11.4 Å². The molecular formula is C19H23N3O3. The molecule has 25 heavy (non-hydrogen) atoms. The third-order valence-electron chi connectivity index (χ3n) is 3.55. The van der Waals surface area contributed by atoms with Gasteiger partial charge in [0.05, 0.1) is 13.7 Å². The largest absolute Gasteiger partial charge is 0.497 e. The Balaban J connectivity index is 1.68. The Morgan fingerprint density at radius 3 is 2.20 bits per heavy atom. The molecule has 0 aromatic heterocycles. The molecule has 6 nitrogen and oxygen atoms in total. The molecule has 0 aliphatic rings. The fourth-order valence-corrected chi connectivity index (χ4v) is 2.26. The third kappa shape index (κ3) is 6.55. The third-order valence-corrected chi connectivity index (χ3v) is 3.55. The van der Waals surface area contributed by atoms with E-state index in [0.717, 1.165) is 29.1 Å². The zero-order valence-electron chi connectivity index (χ0n) is 14.5. The van der Waals surface area contributed by atoms with Crippen molar-refractivity contribution in [2.24, 2.45) is 0 Å². The lowest BCUT2D eigenvalue weighted by Crippen LogP contribution is -2.31. The number of anilines is 2. The number of carbonyl (C=O) groups excluding carboxylic acids is 2. The van der Waals surface area contributed by atoms with Crippen LogP contribution in [0, 0.1) is 0 Å². The van der Waals surface area contributed by atoms with Crippen LogP contribution in [0.2, 0.25) is 0 Å². The van der Waals surface area contributed by atoms with Crippen molar-refractivity contribution in [2.75, 3.05) is 30.8 Å². The van der Waals surface area contributed by atoms with Gasteiger partial charge in [0, 0.05) is 24.8 Å². The van der Waals surface area contributed by atoms with Crippen molar-refractivity contribution in [3.63, 3.8) is 0 Å². The molecule has 0 unspecified atom stereocenters. The molecule has 0 heterocycles. The van der Waals surface area contributed by atoms with E-state index >= 15 is 0 Å². The SMILES string of the molecule is COc1ccc(CCNC(=O)CNc2ccc(NC(C)=O)cc2)cc1. The van der Waals surface area contributed by atoms with Crippen LogP contribution in [0.3, 0.4) is 0 Å². The van der Waals surface area contributed by atoms with Crippen LogP contribution in [0.1, 0.15) is 12.5 Å². The lowest BCUT2D eigenvalue weighted by Gasteiger charge is -2.09. The first-order valence-electron chi connectivity index (χ1n) is 8.08. The summed E-state index contributed by atoms with van der Waals surface area (Å²) in [5.41, 5.74) is 2.68. The number of methoxy groups -OCH3 is 1. The van der Waals surface area contributed by atoms with Gasteiger partial charge < -0.3 is 20.7 Å². The quantitative estimate of drug-likeness (QED) is 0.689. The number of nitrogens with one attached hydrogen (secondary N) is 3. The molecule has 2 amide bonds. The van der Waals surface area contributed by atoms with Gasteiger partial charge in [-0.15, -0.1) is 0 Å². The Morgan fingerprint density at radius 1 is 0.960 bits per heavy atom. The monoisotopic (exact) mass is 341 g/mol. The number of ether oxygens (including phenoxy) is 1. The molecule has 0 atom stereocenters. The Kier molecular flexibility index (Phi) is 6.83. The number of hydrogen-bond donors (Lipinski definition) is 3. The average Bonchev–Trinajstić information content (AvgIpc) is 2.61. The van der Waals surface area contributed by atoms with E-state index in [9.17, 15) is 9.59 Å². The van der Waals surface area contributed by atoms with E-state index in [2.05, 4.69) is 16.0 Å². The molecule has 0 saturated carbocycles. The van der Waals surface area contributed by atoms with E-state index in [1.807, 2.05) is 36.4 Å². The number of amides is 2. The second-order valence-electron chi connectivity index (χ2n) is 5.56. The van der Waals surface area contributed by atoms with Gasteiger partial charge in [-0.05, 0) is 48.4 Å². The van der Waals surface area contributed by atoms with Crippen LogP contribution < -0.4 is 20.7 Å². The first-order chi connectivity index (χ1) is 12.1. The van der Waals surface area contributed by atoms with Crippen molar-refractivity contribution in [3.05, 3.63) is 54.1 Å². The number of carbonyl (C=O) groups is 2. The summed E-state index contributed by atoms with van der Waals surface area (Å²) in [6, 6.07) is 15.0. The molecule has 0 bridgehead atoms. The van der Waals surface area contributed by atoms with E-state index in [1.54, 1.807) is 19.2 Å². The van der Waals surface area contributed by atoms with Crippen molar-refractivity contribution in [3.8, 4) is 5.75 Å². The zero-order chi connectivity index (χ0) is 18.1. The van der Waals surface area contributed by atoms with Crippen molar-refractivity contribution >= 4 is 23.2 Å². The minimum atomic E-state index is -0.114. The number of hydrogen-bond acceptors (Lipinski definition) is 4. The maximum Gasteiger partial charge on any atom is 0.239 e. The molecule has 3 N–H and O–H groups in total. The van der Waals surface area contributed by atoms with Crippen molar-refractivity contribution in [1.29, 1.82) is 0 Å². The molecule has 0 spiro atoms. The molecule has 2 aromatic rings. The van der Waals surface area contributed by atoms with Crippen LogP contribution in [0.15, 0.2) is 48.5 Å². The van der Waals surface area contributed by atoms with E-state index in [4.69, 9.17) is 4.74 Å². The van der Waals surface area contributed by atoms with Gasteiger partial charge in [0.15, 0.2) is 0 Å². The predicted octanol–water partition coefficient (Wildman–Crippen LogP) is 2.42. The highest BCUT2D eigenvalue weighted by molar-refractivity contribution is 5.88. The molecular weight excluding hydrogens is 318 g/mol.